The second-order valence-electron chi connectivity index (χ2n) is 6.73. The maximum absolute atomic E-state index is 12.4. The van der Waals surface area contributed by atoms with Gasteiger partial charge in [0.1, 0.15) is 5.69 Å². The van der Waals surface area contributed by atoms with Crippen molar-refractivity contribution in [3.05, 3.63) is 42.2 Å². The van der Waals surface area contributed by atoms with E-state index in [9.17, 15) is 9.90 Å². The Labute approximate surface area is 147 Å². The Morgan fingerprint density at radius 1 is 1.40 bits per heavy atom. The molecule has 25 heavy (non-hydrogen) atoms. The Kier molecular flexibility index (Phi) is 5.33. The van der Waals surface area contributed by atoms with Crippen molar-refractivity contribution in [3.8, 4) is 5.69 Å². The summed E-state index contributed by atoms with van der Waals surface area (Å²) in [5, 5.41) is 21.1. The van der Waals surface area contributed by atoms with Crippen molar-refractivity contribution < 1.29 is 9.90 Å². The maximum Gasteiger partial charge on any atom is 0.317 e. The average Bonchev–Trinajstić information content (AvgIpc) is 3.25. The number of nitrogens with zero attached hydrogens (tertiary/aromatic N) is 4. The molecule has 2 N–H and O–H groups in total. The van der Waals surface area contributed by atoms with Crippen LogP contribution in [0.2, 0.25) is 0 Å². The monoisotopic (exact) mass is 343 g/mol. The SMILES string of the molecule is CC(NC(=O)N(C)CC1CCCC1O)c1cn(-c2ccccc2)nn1. The molecule has 1 aromatic heterocycles. The van der Waals surface area contributed by atoms with E-state index < -0.39 is 0 Å². The second kappa shape index (κ2) is 7.65. The molecule has 0 saturated heterocycles. The number of carbonyl (C=O) groups excluding carboxylic acids is 1. The molecule has 2 amide bonds. The van der Waals surface area contributed by atoms with Crippen LogP contribution in [-0.2, 0) is 0 Å². The quantitative estimate of drug-likeness (QED) is 0.871. The van der Waals surface area contributed by atoms with Gasteiger partial charge in [-0.25, -0.2) is 9.48 Å². The maximum atomic E-state index is 12.4. The van der Waals surface area contributed by atoms with E-state index in [1.54, 1.807) is 16.6 Å². The highest BCUT2D eigenvalue weighted by molar-refractivity contribution is 5.74. The van der Waals surface area contributed by atoms with Crippen LogP contribution in [0.1, 0.15) is 37.9 Å². The number of nitrogens with one attached hydrogen (secondary N) is 1. The summed E-state index contributed by atoms with van der Waals surface area (Å²) in [6, 6.07) is 9.30. The van der Waals surface area contributed by atoms with E-state index in [4.69, 9.17) is 0 Å². The molecule has 3 atom stereocenters. The lowest BCUT2D eigenvalue weighted by Gasteiger charge is -2.24. The minimum absolute atomic E-state index is 0.166. The molecule has 134 valence electrons. The Hall–Kier alpha value is -2.41. The Morgan fingerprint density at radius 3 is 2.84 bits per heavy atom. The molecule has 1 heterocycles. The number of aromatic nitrogens is 3. The van der Waals surface area contributed by atoms with E-state index in [0.717, 1.165) is 24.9 Å². The third-order valence-electron chi connectivity index (χ3n) is 4.79. The van der Waals surface area contributed by atoms with E-state index in [-0.39, 0.29) is 24.1 Å². The first-order chi connectivity index (χ1) is 12.0. The van der Waals surface area contributed by atoms with Crippen molar-refractivity contribution in [2.75, 3.05) is 13.6 Å². The highest BCUT2D eigenvalue weighted by Crippen LogP contribution is 2.26. The smallest absolute Gasteiger partial charge is 0.317 e. The Balaban J connectivity index is 1.57. The van der Waals surface area contributed by atoms with Crippen molar-refractivity contribution in [1.29, 1.82) is 0 Å². The minimum atomic E-state index is -0.293. The predicted octanol–water partition coefficient (Wildman–Crippen LogP) is 2.13. The largest absolute Gasteiger partial charge is 0.393 e. The molecule has 0 bridgehead atoms. The molecule has 1 fully saturated rings. The molecule has 0 spiro atoms. The van der Waals surface area contributed by atoms with Crippen LogP contribution in [0.3, 0.4) is 0 Å². The third-order valence-corrected chi connectivity index (χ3v) is 4.79. The van der Waals surface area contributed by atoms with Gasteiger partial charge in [-0.05, 0) is 31.9 Å². The summed E-state index contributed by atoms with van der Waals surface area (Å²) >= 11 is 0. The summed E-state index contributed by atoms with van der Waals surface area (Å²) in [4.78, 5) is 14.0. The zero-order valence-electron chi connectivity index (χ0n) is 14.7. The number of para-hydroxylation sites is 1. The van der Waals surface area contributed by atoms with E-state index in [0.29, 0.717) is 12.2 Å². The number of urea groups is 1. The number of hydrogen-bond acceptors (Lipinski definition) is 4. The number of aliphatic hydroxyl groups excluding tert-OH is 1. The zero-order chi connectivity index (χ0) is 17.8. The molecule has 3 unspecified atom stereocenters. The summed E-state index contributed by atoms with van der Waals surface area (Å²) in [6.45, 7) is 2.45. The van der Waals surface area contributed by atoms with Crippen LogP contribution < -0.4 is 5.32 Å². The van der Waals surface area contributed by atoms with Gasteiger partial charge in [-0.1, -0.05) is 29.8 Å². The van der Waals surface area contributed by atoms with Gasteiger partial charge >= 0.3 is 6.03 Å². The molecule has 1 aliphatic carbocycles. The molecule has 0 aliphatic heterocycles. The van der Waals surface area contributed by atoms with E-state index >= 15 is 0 Å². The molecule has 1 saturated carbocycles. The van der Waals surface area contributed by atoms with E-state index in [2.05, 4.69) is 15.6 Å². The highest BCUT2D eigenvalue weighted by Gasteiger charge is 2.28. The van der Waals surface area contributed by atoms with Crippen LogP contribution in [0, 0.1) is 5.92 Å². The van der Waals surface area contributed by atoms with Gasteiger partial charge < -0.3 is 15.3 Å². The first kappa shape index (κ1) is 17.4. The zero-order valence-corrected chi connectivity index (χ0v) is 14.7. The van der Waals surface area contributed by atoms with Crippen molar-refractivity contribution in [2.24, 2.45) is 5.92 Å². The third kappa shape index (κ3) is 4.17. The lowest BCUT2D eigenvalue weighted by atomic mass is 10.1. The van der Waals surface area contributed by atoms with Crippen molar-refractivity contribution in [3.63, 3.8) is 0 Å². The normalized spacial score (nSPS) is 21.1. The van der Waals surface area contributed by atoms with Gasteiger partial charge in [0.15, 0.2) is 0 Å². The first-order valence-electron chi connectivity index (χ1n) is 8.72. The molecule has 1 aromatic carbocycles. The van der Waals surface area contributed by atoms with Crippen LogP contribution in [0.25, 0.3) is 5.69 Å². The molecule has 1 aliphatic rings. The topological polar surface area (TPSA) is 83.3 Å². The number of aliphatic hydroxyl groups is 1. The number of carbonyl (C=O) groups is 1. The minimum Gasteiger partial charge on any atom is -0.393 e. The van der Waals surface area contributed by atoms with Crippen molar-refractivity contribution >= 4 is 6.03 Å². The fourth-order valence-corrected chi connectivity index (χ4v) is 3.22. The van der Waals surface area contributed by atoms with Gasteiger partial charge in [0.25, 0.3) is 0 Å². The summed E-state index contributed by atoms with van der Waals surface area (Å²) in [5.41, 5.74) is 1.62. The van der Waals surface area contributed by atoms with E-state index in [1.807, 2.05) is 43.5 Å². The van der Waals surface area contributed by atoms with Gasteiger partial charge in [-0.15, -0.1) is 5.10 Å². The summed E-state index contributed by atoms with van der Waals surface area (Å²) in [7, 11) is 1.76. The van der Waals surface area contributed by atoms with Crippen molar-refractivity contribution in [1.82, 2.24) is 25.2 Å². The molecule has 7 nitrogen and oxygen atoms in total. The molecule has 0 radical (unpaired) electrons. The van der Waals surface area contributed by atoms with Crippen LogP contribution in [0.15, 0.2) is 36.5 Å². The average molecular weight is 343 g/mol. The fourth-order valence-electron chi connectivity index (χ4n) is 3.22. The Morgan fingerprint density at radius 2 is 2.16 bits per heavy atom. The second-order valence-corrected chi connectivity index (χ2v) is 6.73. The fraction of sp³-hybridized carbons (Fsp3) is 0.500. The molecule has 7 heteroatoms. The number of amides is 2. The highest BCUT2D eigenvalue weighted by atomic mass is 16.3. The first-order valence-corrected chi connectivity index (χ1v) is 8.72. The molecular weight excluding hydrogens is 318 g/mol. The lowest BCUT2D eigenvalue weighted by molar-refractivity contribution is 0.113. The van der Waals surface area contributed by atoms with Crippen LogP contribution in [0.4, 0.5) is 4.79 Å². The molecule has 2 aromatic rings. The lowest BCUT2D eigenvalue weighted by Crippen LogP contribution is -2.42. The summed E-state index contributed by atoms with van der Waals surface area (Å²) in [6.07, 6.45) is 4.36. The number of rotatable bonds is 5. The van der Waals surface area contributed by atoms with E-state index in [1.165, 1.54) is 0 Å². The number of benzene rings is 1. The van der Waals surface area contributed by atoms with Crippen LogP contribution in [-0.4, -0.2) is 50.7 Å². The van der Waals surface area contributed by atoms with Crippen LogP contribution in [0.5, 0.6) is 0 Å². The summed E-state index contributed by atoms with van der Waals surface area (Å²) < 4.78 is 1.69. The van der Waals surface area contributed by atoms with Crippen molar-refractivity contribution in [2.45, 2.75) is 38.3 Å². The van der Waals surface area contributed by atoms with Gasteiger partial charge in [0, 0.05) is 19.5 Å². The van der Waals surface area contributed by atoms with Gasteiger partial charge in [0.05, 0.1) is 24.0 Å². The standard InChI is InChI=1S/C18H25N5O2/c1-13(16-12-23(21-20-16)15-8-4-3-5-9-15)19-18(25)22(2)11-14-7-6-10-17(14)24/h3-5,8-9,12-14,17,24H,6-7,10-11H2,1-2H3,(H,19,25). The predicted molar refractivity (Wildman–Crippen MR) is 94.3 cm³/mol. The molecule has 3 rings (SSSR count). The van der Waals surface area contributed by atoms with Gasteiger partial charge in [0.2, 0.25) is 0 Å². The van der Waals surface area contributed by atoms with Crippen LogP contribution >= 0.6 is 0 Å². The summed E-state index contributed by atoms with van der Waals surface area (Å²) in [5.74, 6) is 0.171. The van der Waals surface area contributed by atoms with Gasteiger partial charge in [-0.2, -0.15) is 0 Å². The molecular formula is C18H25N5O2. The Bertz CT molecular complexity index is 703. The van der Waals surface area contributed by atoms with Gasteiger partial charge in [-0.3, -0.25) is 0 Å². The number of hydrogen-bond donors (Lipinski definition) is 2.